The molecule has 1 aliphatic carbocycles. The highest BCUT2D eigenvalue weighted by molar-refractivity contribution is 5.93. The summed E-state index contributed by atoms with van der Waals surface area (Å²) in [5.74, 6) is 0.0976. The van der Waals surface area contributed by atoms with Crippen LogP contribution in [0.5, 0.6) is 0 Å². The average molecular weight is 249 g/mol. The predicted molar refractivity (Wildman–Crippen MR) is 73.5 cm³/mol. The summed E-state index contributed by atoms with van der Waals surface area (Å²) in [6.07, 6.45) is 7.87. The minimum absolute atomic E-state index is 0.0976. The lowest BCUT2D eigenvalue weighted by Crippen LogP contribution is -2.39. The zero-order valence-corrected chi connectivity index (χ0v) is 11.4. The summed E-state index contributed by atoms with van der Waals surface area (Å²) in [6.45, 7) is 2.80. The topological polar surface area (TPSA) is 51.3 Å². The molecule has 0 aromatic carbocycles. The van der Waals surface area contributed by atoms with Gasteiger partial charge in [-0.15, -0.1) is 0 Å². The first-order chi connectivity index (χ1) is 8.63. The number of aryl methyl sites for hydroxylation is 1. The number of nitrogens with two attached hydrogens (primary N) is 1. The highest BCUT2D eigenvalue weighted by atomic mass is 16.2. The Bertz CT molecular complexity index is 419. The number of carbonyl (C=O) groups excluding carboxylic acids is 1. The molecule has 100 valence electrons. The van der Waals surface area contributed by atoms with Crippen LogP contribution in [0.3, 0.4) is 0 Å². The highest BCUT2D eigenvalue weighted by Gasteiger charge is 2.24. The molecule has 1 saturated carbocycles. The molecule has 0 bridgehead atoms. The number of nitrogens with zero attached hydrogens (tertiary/aromatic N) is 2. The Morgan fingerprint density at radius 2 is 2.11 bits per heavy atom. The molecule has 1 fully saturated rings. The van der Waals surface area contributed by atoms with E-state index in [4.69, 9.17) is 5.73 Å². The Kier molecular flexibility index (Phi) is 3.94. The van der Waals surface area contributed by atoms with Gasteiger partial charge < -0.3 is 15.2 Å². The van der Waals surface area contributed by atoms with Gasteiger partial charge >= 0.3 is 0 Å². The summed E-state index contributed by atoms with van der Waals surface area (Å²) < 4.78 is 1.93. The third-order valence-corrected chi connectivity index (χ3v) is 3.92. The molecular formula is C14H23N3O. The molecule has 4 nitrogen and oxygen atoms in total. The summed E-state index contributed by atoms with van der Waals surface area (Å²) in [5.41, 5.74) is 7.16. The van der Waals surface area contributed by atoms with Crippen LogP contribution < -0.4 is 5.73 Å². The maximum absolute atomic E-state index is 12.5. The molecule has 1 heterocycles. The van der Waals surface area contributed by atoms with Gasteiger partial charge in [0.15, 0.2) is 0 Å². The summed E-state index contributed by atoms with van der Waals surface area (Å²) in [6, 6.07) is 2.18. The standard InChI is InChI=1S/C14H23N3O/c1-3-17-10-11(15)9-13(17)14(18)16(2)12-7-5-4-6-8-12/h9-10,12H,3-8,15H2,1-2H3. The van der Waals surface area contributed by atoms with E-state index in [9.17, 15) is 4.79 Å². The van der Waals surface area contributed by atoms with Crippen LogP contribution in [0, 0.1) is 0 Å². The number of nitrogen functional groups attached to an aromatic ring is 1. The quantitative estimate of drug-likeness (QED) is 0.894. The zero-order chi connectivity index (χ0) is 13.1. The van der Waals surface area contributed by atoms with Crippen molar-refractivity contribution in [2.24, 2.45) is 0 Å². The number of carbonyl (C=O) groups is 1. The van der Waals surface area contributed by atoms with Gasteiger partial charge in [0.2, 0.25) is 0 Å². The smallest absolute Gasteiger partial charge is 0.270 e. The van der Waals surface area contributed by atoms with Gasteiger partial charge in [-0.3, -0.25) is 4.79 Å². The molecule has 0 spiro atoms. The predicted octanol–water partition coefficient (Wildman–Crippen LogP) is 2.49. The second-order valence-corrected chi connectivity index (χ2v) is 5.15. The number of hydrogen-bond acceptors (Lipinski definition) is 2. The van der Waals surface area contributed by atoms with E-state index >= 15 is 0 Å². The molecule has 1 aromatic rings. The van der Waals surface area contributed by atoms with Gasteiger partial charge in [0.1, 0.15) is 5.69 Å². The van der Waals surface area contributed by atoms with Crippen LogP contribution >= 0.6 is 0 Å². The van der Waals surface area contributed by atoms with Crippen molar-refractivity contribution in [2.45, 2.75) is 51.6 Å². The maximum atomic E-state index is 12.5. The molecular weight excluding hydrogens is 226 g/mol. The van der Waals surface area contributed by atoms with Crippen LogP contribution in [0.4, 0.5) is 5.69 Å². The summed E-state index contributed by atoms with van der Waals surface area (Å²) in [7, 11) is 1.92. The van der Waals surface area contributed by atoms with Gasteiger partial charge in [-0.2, -0.15) is 0 Å². The second-order valence-electron chi connectivity index (χ2n) is 5.15. The maximum Gasteiger partial charge on any atom is 0.270 e. The van der Waals surface area contributed by atoms with Crippen molar-refractivity contribution in [3.8, 4) is 0 Å². The molecule has 1 aromatic heterocycles. The van der Waals surface area contributed by atoms with E-state index in [1.54, 1.807) is 6.07 Å². The highest BCUT2D eigenvalue weighted by Crippen LogP contribution is 2.23. The lowest BCUT2D eigenvalue weighted by Gasteiger charge is -2.31. The number of rotatable bonds is 3. The molecule has 0 unspecified atom stereocenters. The van der Waals surface area contributed by atoms with Gasteiger partial charge in [0.25, 0.3) is 5.91 Å². The summed E-state index contributed by atoms with van der Waals surface area (Å²) >= 11 is 0. The van der Waals surface area contributed by atoms with Crippen LogP contribution in [0.2, 0.25) is 0 Å². The van der Waals surface area contributed by atoms with Crippen molar-refractivity contribution in [3.05, 3.63) is 18.0 Å². The van der Waals surface area contributed by atoms with Crippen molar-refractivity contribution < 1.29 is 4.79 Å². The molecule has 18 heavy (non-hydrogen) atoms. The summed E-state index contributed by atoms with van der Waals surface area (Å²) in [5, 5.41) is 0. The van der Waals surface area contributed by atoms with E-state index < -0.39 is 0 Å². The minimum atomic E-state index is 0.0976. The van der Waals surface area contributed by atoms with E-state index in [0.717, 1.165) is 19.4 Å². The van der Waals surface area contributed by atoms with E-state index in [1.165, 1.54) is 19.3 Å². The van der Waals surface area contributed by atoms with Gasteiger partial charge in [0.05, 0.1) is 5.69 Å². The van der Waals surface area contributed by atoms with E-state index in [1.807, 2.05) is 29.6 Å². The van der Waals surface area contributed by atoms with Gasteiger partial charge in [-0.25, -0.2) is 0 Å². The fourth-order valence-corrected chi connectivity index (χ4v) is 2.79. The van der Waals surface area contributed by atoms with Crippen molar-refractivity contribution in [1.29, 1.82) is 0 Å². The zero-order valence-electron chi connectivity index (χ0n) is 11.4. The minimum Gasteiger partial charge on any atom is -0.397 e. The first kappa shape index (κ1) is 13.0. The molecule has 0 radical (unpaired) electrons. The normalized spacial score (nSPS) is 16.8. The van der Waals surface area contributed by atoms with Crippen LogP contribution in [0.1, 0.15) is 49.5 Å². The first-order valence-electron chi connectivity index (χ1n) is 6.86. The van der Waals surface area contributed by atoms with Crippen LogP contribution in [-0.4, -0.2) is 28.5 Å². The van der Waals surface area contributed by atoms with Crippen molar-refractivity contribution >= 4 is 11.6 Å². The van der Waals surface area contributed by atoms with Crippen molar-refractivity contribution in [2.75, 3.05) is 12.8 Å². The van der Waals surface area contributed by atoms with Gasteiger partial charge in [-0.05, 0) is 25.8 Å². The number of anilines is 1. The summed E-state index contributed by atoms with van der Waals surface area (Å²) in [4.78, 5) is 14.4. The average Bonchev–Trinajstić information content (AvgIpc) is 2.79. The van der Waals surface area contributed by atoms with Crippen LogP contribution in [-0.2, 0) is 6.54 Å². The lowest BCUT2D eigenvalue weighted by atomic mass is 9.94. The van der Waals surface area contributed by atoms with E-state index in [2.05, 4.69) is 0 Å². The van der Waals surface area contributed by atoms with Crippen molar-refractivity contribution in [3.63, 3.8) is 0 Å². The fraction of sp³-hybridized carbons (Fsp3) is 0.643. The van der Waals surface area contributed by atoms with Gasteiger partial charge in [0, 0.05) is 25.8 Å². The van der Waals surface area contributed by atoms with Crippen LogP contribution in [0.25, 0.3) is 0 Å². The molecule has 0 atom stereocenters. The second kappa shape index (κ2) is 5.46. The number of aromatic nitrogens is 1. The molecule has 1 amide bonds. The number of hydrogen-bond donors (Lipinski definition) is 1. The molecule has 2 rings (SSSR count). The van der Waals surface area contributed by atoms with E-state index in [-0.39, 0.29) is 5.91 Å². The fourth-order valence-electron chi connectivity index (χ4n) is 2.79. The first-order valence-corrected chi connectivity index (χ1v) is 6.86. The Labute approximate surface area is 109 Å². The van der Waals surface area contributed by atoms with Crippen molar-refractivity contribution in [1.82, 2.24) is 9.47 Å². The monoisotopic (exact) mass is 249 g/mol. The molecule has 1 aliphatic rings. The molecule has 2 N–H and O–H groups in total. The largest absolute Gasteiger partial charge is 0.397 e. The van der Waals surface area contributed by atoms with Crippen LogP contribution in [0.15, 0.2) is 12.3 Å². The molecule has 0 saturated heterocycles. The molecule has 0 aliphatic heterocycles. The Morgan fingerprint density at radius 3 is 2.72 bits per heavy atom. The number of amides is 1. The van der Waals surface area contributed by atoms with E-state index in [0.29, 0.717) is 17.4 Å². The Hall–Kier alpha value is -1.45. The molecule has 4 heteroatoms. The third-order valence-electron chi connectivity index (χ3n) is 3.92. The Morgan fingerprint density at radius 1 is 1.44 bits per heavy atom. The SMILES string of the molecule is CCn1cc(N)cc1C(=O)N(C)C1CCCCC1. The Balaban J connectivity index is 2.13. The van der Waals surface area contributed by atoms with Gasteiger partial charge in [-0.1, -0.05) is 19.3 Å². The third kappa shape index (κ3) is 2.52. The lowest BCUT2D eigenvalue weighted by molar-refractivity contribution is 0.0685.